The largest absolute Gasteiger partial charge is 0.370 e. The number of hydrogen-bond acceptors (Lipinski definition) is 7. The molecule has 3 heterocycles. The van der Waals surface area contributed by atoms with Crippen molar-refractivity contribution < 1.29 is 4.79 Å². The second-order valence-electron chi connectivity index (χ2n) is 8.44. The molecule has 2 aromatic rings. The topological polar surface area (TPSA) is 99.4 Å². The normalized spacial score (nSPS) is 17.8. The lowest BCUT2D eigenvalue weighted by Crippen LogP contribution is -2.38. The Morgan fingerprint density at radius 1 is 1.06 bits per heavy atom. The maximum absolute atomic E-state index is 11.7. The lowest BCUT2D eigenvalue weighted by molar-refractivity contribution is -0.127. The minimum absolute atomic E-state index is 0.267. The van der Waals surface area contributed by atoms with E-state index >= 15 is 0 Å². The van der Waals surface area contributed by atoms with Crippen molar-refractivity contribution in [3.63, 3.8) is 0 Å². The van der Waals surface area contributed by atoms with Crippen LogP contribution >= 0.6 is 0 Å². The molecule has 2 aliphatic rings. The van der Waals surface area contributed by atoms with Crippen molar-refractivity contribution in [3.8, 4) is 0 Å². The van der Waals surface area contributed by atoms with Gasteiger partial charge in [0.2, 0.25) is 11.9 Å². The van der Waals surface area contributed by atoms with E-state index < -0.39 is 0 Å². The van der Waals surface area contributed by atoms with Crippen molar-refractivity contribution >= 4 is 23.5 Å². The Morgan fingerprint density at radius 2 is 1.84 bits per heavy atom. The summed E-state index contributed by atoms with van der Waals surface area (Å²) in [5.41, 5.74) is 7.29. The van der Waals surface area contributed by atoms with Crippen molar-refractivity contribution in [2.75, 3.05) is 49.1 Å². The van der Waals surface area contributed by atoms with Gasteiger partial charge in [-0.3, -0.25) is 9.69 Å². The quantitative estimate of drug-likeness (QED) is 0.533. The molecule has 2 aliphatic heterocycles. The van der Waals surface area contributed by atoms with Crippen molar-refractivity contribution in [2.24, 2.45) is 0 Å². The third-order valence-corrected chi connectivity index (χ3v) is 6.01. The number of benzene rings is 1. The average molecular weight is 424 g/mol. The standard InChI is InChI=1S/C23H33N7O/c24-23-27-20(25-11-5-13-30-12-4-8-22(30)31)16-21(28-23)26-19-9-14-29(15-10-19)17-18-6-2-1-3-7-18/h1-3,6-7,16,19H,4-5,8-15,17H2,(H4,24,25,26,27,28). The number of amides is 1. The van der Waals surface area contributed by atoms with E-state index in [0.717, 1.165) is 76.6 Å². The van der Waals surface area contributed by atoms with E-state index in [1.54, 1.807) is 0 Å². The highest BCUT2D eigenvalue weighted by atomic mass is 16.2. The first-order valence-electron chi connectivity index (χ1n) is 11.3. The van der Waals surface area contributed by atoms with E-state index in [2.05, 4.69) is 55.8 Å². The van der Waals surface area contributed by atoms with Gasteiger partial charge in [-0.2, -0.15) is 9.97 Å². The summed E-state index contributed by atoms with van der Waals surface area (Å²) in [5, 5.41) is 6.86. The number of nitrogens with two attached hydrogens (primary N) is 1. The highest BCUT2D eigenvalue weighted by Gasteiger charge is 2.20. The molecule has 0 spiro atoms. The zero-order valence-corrected chi connectivity index (χ0v) is 18.1. The first-order valence-corrected chi connectivity index (χ1v) is 11.3. The Morgan fingerprint density at radius 3 is 2.58 bits per heavy atom. The minimum atomic E-state index is 0.267. The molecule has 4 N–H and O–H groups in total. The fourth-order valence-electron chi connectivity index (χ4n) is 4.34. The number of aromatic nitrogens is 2. The molecule has 2 fully saturated rings. The fraction of sp³-hybridized carbons (Fsp3) is 0.522. The summed E-state index contributed by atoms with van der Waals surface area (Å²) in [5.74, 6) is 2.03. The molecule has 1 amide bonds. The number of likely N-dealkylation sites (tertiary alicyclic amines) is 2. The van der Waals surface area contributed by atoms with Gasteiger partial charge in [0, 0.05) is 57.8 Å². The molecule has 31 heavy (non-hydrogen) atoms. The predicted molar refractivity (Wildman–Crippen MR) is 124 cm³/mol. The average Bonchev–Trinajstić information content (AvgIpc) is 3.18. The van der Waals surface area contributed by atoms with Crippen LogP contribution in [0.25, 0.3) is 0 Å². The summed E-state index contributed by atoms with van der Waals surface area (Å²) in [6.45, 7) is 5.56. The first kappa shape index (κ1) is 21.4. The number of piperidine rings is 1. The number of nitrogens with one attached hydrogen (secondary N) is 2. The molecule has 1 aromatic heterocycles. The third kappa shape index (κ3) is 6.30. The zero-order valence-electron chi connectivity index (χ0n) is 18.1. The highest BCUT2D eigenvalue weighted by molar-refractivity contribution is 5.78. The molecule has 0 aliphatic carbocycles. The Kier molecular flexibility index (Phi) is 7.19. The number of nitrogen functional groups attached to an aromatic ring is 1. The summed E-state index contributed by atoms with van der Waals surface area (Å²) in [6, 6.07) is 12.9. The summed E-state index contributed by atoms with van der Waals surface area (Å²) in [7, 11) is 0. The molecule has 1 aromatic carbocycles. The number of carbonyl (C=O) groups is 1. The van der Waals surface area contributed by atoms with Gasteiger partial charge in [-0.15, -0.1) is 0 Å². The van der Waals surface area contributed by atoms with Crippen LogP contribution in [0.2, 0.25) is 0 Å². The minimum Gasteiger partial charge on any atom is -0.370 e. The monoisotopic (exact) mass is 423 g/mol. The zero-order chi connectivity index (χ0) is 21.5. The molecule has 8 heteroatoms. The number of carbonyl (C=O) groups excluding carboxylic acids is 1. The molecule has 2 saturated heterocycles. The van der Waals surface area contributed by atoms with Crippen LogP contribution in [0.4, 0.5) is 17.6 Å². The first-order chi connectivity index (χ1) is 15.2. The summed E-state index contributed by atoms with van der Waals surface area (Å²) < 4.78 is 0. The summed E-state index contributed by atoms with van der Waals surface area (Å²) >= 11 is 0. The number of hydrogen-bond donors (Lipinski definition) is 3. The molecule has 0 atom stereocenters. The van der Waals surface area contributed by atoms with E-state index in [1.807, 2.05) is 11.0 Å². The maximum atomic E-state index is 11.7. The van der Waals surface area contributed by atoms with Crippen LogP contribution < -0.4 is 16.4 Å². The van der Waals surface area contributed by atoms with Gasteiger partial charge in [0.1, 0.15) is 11.6 Å². The molecule has 0 unspecified atom stereocenters. The van der Waals surface area contributed by atoms with Gasteiger partial charge in [0.15, 0.2) is 0 Å². The Hall–Kier alpha value is -2.87. The SMILES string of the molecule is Nc1nc(NCCCN2CCCC2=O)cc(NC2CCN(Cc3ccccc3)CC2)n1. The number of nitrogens with zero attached hydrogens (tertiary/aromatic N) is 4. The van der Waals surface area contributed by atoms with Crippen LogP contribution in [0.5, 0.6) is 0 Å². The van der Waals surface area contributed by atoms with Gasteiger partial charge in [0.25, 0.3) is 0 Å². The van der Waals surface area contributed by atoms with E-state index in [-0.39, 0.29) is 11.9 Å². The Bertz CT molecular complexity index is 852. The van der Waals surface area contributed by atoms with Crippen LogP contribution in [-0.4, -0.2) is 64.4 Å². The molecule has 4 rings (SSSR count). The lowest BCUT2D eigenvalue weighted by Gasteiger charge is -2.32. The smallest absolute Gasteiger partial charge is 0.223 e. The lowest BCUT2D eigenvalue weighted by atomic mass is 10.0. The molecule has 8 nitrogen and oxygen atoms in total. The van der Waals surface area contributed by atoms with E-state index in [9.17, 15) is 4.79 Å². The van der Waals surface area contributed by atoms with Crippen LogP contribution in [-0.2, 0) is 11.3 Å². The van der Waals surface area contributed by atoms with Crippen molar-refractivity contribution in [1.29, 1.82) is 0 Å². The predicted octanol–water partition coefficient (Wildman–Crippen LogP) is 2.56. The van der Waals surface area contributed by atoms with Crippen LogP contribution in [0.3, 0.4) is 0 Å². The van der Waals surface area contributed by atoms with Crippen LogP contribution in [0.1, 0.15) is 37.7 Å². The molecule has 0 bridgehead atoms. The molecular formula is C23H33N7O. The Balaban J connectivity index is 1.21. The van der Waals surface area contributed by atoms with Gasteiger partial charge in [-0.05, 0) is 31.2 Å². The number of anilines is 3. The van der Waals surface area contributed by atoms with Gasteiger partial charge in [-0.1, -0.05) is 30.3 Å². The van der Waals surface area contributed by atoms with Crippen LogP contribution in [0, 0.1) is 0 Å². The second-order valence-corrected chi connectivity index (χ2v) is 8.44. The molecular weight excluding hydrogens is 390 g/mol. The van der Waals surface area contributed by atoms with Crippen LogP contribution in [0.15, 0.2) is 36.4 Å². The Labute approximate surface area is 184 Å². The molecule has 166 valence electrons. The van der Waals surface area contributed by atoms with Crippen molar-refractivity contribution in [3.05, 3.63) is 42.0 Å². The third-order valence-electron chi connectivity index (χ3n) is 6.01. The van der Waals surface area contributed by atoms with E-state index in [0.29, 0.717) is 12.5 Å². The summed E-state index contributed by atoms with van der Waals surface area (Å²) in [6.07, 6.45) is 4.70. The fourth-order valence-corrected chi connectivity index (χ4v) is 4.34. The molecule has 0 saturated carbocycles. The number of rotatable bonds is 9. The van der Waals surface area contributed by atoms with E-state index in [4.69, 9.17) is 5.73 Å². The van der Waals surface area contributed by atoms with Gasteiger partial charge in [-0.25, -0.2) is 0 Å². The highest BCUT2D eigenvalue weighted by Crippen LogP contribution is 2.19. The maximum Gasteiger partial charge on any atom is 0.223 e. The van der Waals surface area contributed by atoms with Gasteiger partial charge >= 0.3 is 0 Å². The summed E-state index contributed by atoms with van der Waals surface area (Å²) in [4.78, 5) is 24.8. The second kappa shape index (κ2) is 10.4. The van der Waals surface area contributed by atoms with Gasteiger partial charge < -0.3 is 21.3 Å². The van der Waals surface area contributed by atoms with Gasteiger partial charge in [0.05, 0.1) is 0 Å². The van der Waals surface area contributed by atoms with Crippen molar-refractivity contribution in [1.82, 2.24) is 19.8 Å². The van der Waals surface area contributed by atoms with E-state index in [1.165, 1.54) is 5.56 Å². The molecule has 0 radical (unpaired) electrons. The van der Waals surface area contributed by atoms with Crippen molar-refractivity contribution in [2.45, 2.75) is 44.7 Å².